The van der Waals surface area contributed by atoms with E-state index >= 15 is 0 Å². The van der Waals surface area contributed by atoms with Gasteiger partial charge in [0.05, 0.1) is 10.8 Å². The van der Waals surface area contributed by atoms with E-state index in [1.165, 1.54) is 16.9 Å². The Morgan fingerprint density at radius 3 is 3.00 bits per heavy atom. The number of aryl methyl sites for hydroxylation is 1. The number of furan rings is 1. The molecule has 2 aromatic heterocycles. The third-order valence-electron chi connectivity index (χ3n) is 3.76. The maximum Gasteiger partial charge on any atom is 0.271 e. The van der Waals surface area contributed by atoms with Crippen LogP contribution >= 0.6 is 11.3 Å². The number of nitrogens with zero attached hydrogens (tertiary/aromatic N) is 3. The van der Waals surface area contributed by atoms with E-state index in [2.05, 4.69) is 28.9 Å². The number of fused-ring (bicyclic) bond motifs is 1. The number of thiazole rings is 1. The molecule has 3 heterocycles. The Bertz CT molecular complexity index is 1020. The first-order valence-corrected chi connectivity index (χ1v) is 8.13. The second-order valence-corrected chi connectivity index (χ2v) is 6.47. The Hall–Kier alpha value is -2.60. The van der Waals surface area contributed by atoms with Crippen LogP contribution in [-0.4, -0.2) is 11.2 Å². The van der Waals surface area contributed by atoms with Crippen LogP contribution in [0.4, 0.5) is 5.69 Å². The summed E-state index contributed by atoms with van der Waals surface area (Å²) in [4.78, 5) is 20.0. The smallest absolute Gasteiger partial charge is 0.271 e. The summed E-state index contributed by atoms with van der Waals surface area (Å²) in [6.45, 7) is 3.14. The number of benzene rings is 1. The Labute approximate surface area is 136 Å². The lowest BCUT2D eigenvalue weighted by molar-refractivity contribution is 0.556. The second kappa shape index (κ2) is 5.55. The van der Waals surface area contributed by atoms with E-state index in [0.29, 0.717) is 23.6 Å². The van der Waals surface area contributed by atoms with Crippen molar-refractivity contribution in [3.8, 4) is 0 Å². The second-order valence-electron chi connectivity index (χ2n) is 5.46. The minimum atomic E-state index is -0.0255. The van der Waals surface area contributed by atoms with E-state index in [1.54, 1.807) is 23.0 Å². The zero-order valence-electron chi connectivity index (χ0n) is 12.6. The van der Waals surface area contributed by atoms with E-state index in [0.717, 1.165) is 10.5 Å². The van der Waals surface area contributed by atoms with Gasteiger partial charge in [0.15, 0.2) is 4.80 Å². The van der Waals surface area contributed by atoms with Crippen molar-refractivity contribution in [3.05, 3.63) is 73.7 Å². The van der Waals surface area contributed by atoms with Crippen LogP contribution in [0.25, 0.3) is 6.08 Å². The summed E-state index contributed by atoms with van der Waals surface area (Å²) < 4.78 is 7.65. The van der Waals surface area contributed by atoms with Crippen molar-refractivity contribution in [2.75, 3.05) is 11.6 Å². The molecule has 3 aromatic rings. The maximum absolute atomic E-state index is 12.6. The van der Waals surface area contributed by atoms with Crippen molar-refractivity contribution in [2.45, 2.75) is 13.6 Å². The molecule has 0 N–H and O–H groups in total. The van der Waals surface area contributed by atoms with Crippen molar-refractivity contribution >= 4 is 23.1 Å². The van der Waals surface area contributed by atoms with Crippen LogP contribution in [0.5, 0.6) is 0 Å². The van der Waals surface area contributed by atoms with E-state index < -0.39 is 0 Å². The molecule has 0 amide bonds. The third-order valence-corrected chi connectivity index (χ3v) is 4.80. The van der Waals surface area contributed by atoms with Gasteiger partial charge in [-0.15, -0.1) is 0 Å². The lowest BCUT2D eigenvalue weighted by Crippen LogP contribution is -2.42. The van der Waals surface area contributed by atoms with E-state index in [9.17, 15) is 4.79 Å². The molecular formula is C17H15N3O2S. The first kappa shape index (κ1) is 14.0. The molecule has 0 saturated heterocycles. The first-order chi connectivity index (χ1) is 11.2. The van der Waals surface area contributed by atoms with Gasteiger partial charge in [0.2, 0.25) is 0 Å². The molecule has 0 unspecified atom stereocenters. The van der Waals surface area contributed by atoms with Crippen LogP contribution < -0.4 is 19.8 Å². The zero-order chi connectivity index (χ0) is 15.8. The molecule has 0 spiro atoms. The molecule has 1 aliphatic heterocycles. The maximum atomic E-state index is 12.6. The lowest BCUT2D eigenvalue weighted by Gasteiger charge is -2.25. The number of rotatable bonds is 2. The summed E-state index contributed by atoms with van der Waals surface area (Å²) >= 11 is 1.40. The van der Waals surface area contributed by atoms with Gasteiger partial charge in [-0.2, -0.15) is 0 Å². The van der Waals surface area contributed by atoms with Gasteiger partial charge in [-0.1, -0.05) is 23.5 Å². The molecule has 0 atom stereocenters. The molecule has 0 aliphatic carbocycles. The largest absolute Gasteiger partial charge is 0.465 e. The van der Waals surface area contributed by atoms with Crippen LogP contribution in [0, 0.1) is 6.92 Å². The summed E-state index contributed by atoms with van der Waals surface area (Å²) in [6, 6.07) is 11.9. The van der Waals surface area contributed by atoms with Crippen molar-refractivity contribution < 1.29 is 4.42 Å². The van der Waals surface area contributed by atoms with Gasteiger partial charge in [-0.05, 0) is 36.8 Å². The number of anilines is 1. The van der Waals surface area contributed by atoms with Gasteiger partial charge in [0, 0.05) is 11.8 Å². The fraction of sp³-hybridized carbons (Fsp3) is 0.176. The van der Waals surface area contributed by atoms with Crippen LogP contribution in [0.2, 0.25) is 0 Å². The Morgan fingerprint density at radius 2 is 2.22 bits per heavy atom. The molecular weight excluding hydrogens is 310 g/mol. The summed E-state index contributed by atoms with van der Waals surface area (Å²) in [5.74, 6) is 0.678. The fourth-order valence-corrected chi connectivity index (χ4v) is 3.54. The van der Waals surface area contributed by atoms with Gasteiger partial charge in [0.1, 0.15) is 19.1 Å². The van der Waals surface area contributed by atoms with Gasteiger partial charge in [-0.3, -0.25) is 9.36 Å². The molecule has 1 aromatic carbocycles. The van der Waals surface area contributed by atoms with E-state index in [-0.39, 0.29) is 5.56 Å². The average molecular weight is 325 g/mol. The van der Waals surface area contributed by atoms with E-state index in [4.69, 9.17) is 4.42 Å². The lowest BCUT2D eigenvalue weighted by atomic mass is 10.2. The third kappa shape index (κ3) is 2.61. The van der Waals surface area contributed by atoms with Gasteiger partial charge in [-0.25, -0.2) is 4.99 Å². The molecule has 5 nitrogen and oxygen atoms in total. The standard InChI is InChI=1S/C17H15N3O2S/c1-12-4-2-5-13(8-12)19-10-18-17-20(11-19)16(21)15(23-17)9-14-6-3-7-22-14/h2-9H,10-11H2,1H3. The predicted octanol–water partition coefficient (Wildman–Crippen LogP) is 1.69. The Morgan fingerprint density at radius 1 is 1.30 bits per heavy atom. The molecule has 4 rings (SSSR count). The highest BCUT2D eigenvalue weighted by Gasteiger charge is 2.16. The molecule has 0 radical (unpaired) electrons. The monoisotopic (exact) mass is 325 g/mol. The normalized spacial score (nSPS) is 14.7. The highest BCUT2D eigenvalue weighted by atomic mass is 32.1. The molecule has 6 heteroatoms. The highest BCUT2D eigenvalue weighted by Crippen LogP contribution is 2.17. The number of hydrogen-bond donors (Lipinski definition) is 0. The van der Waals surface area contributed by atoms with Crippen LogP contribution in [0.15, 0.2) is 56.9 Å². The summed E-state index contributed by atoms with van der Waals surface area (Å²) in [5, 5.41) is 0. The minimum Gasteiger partial charge on any atom is -0.465 e. The molecule has 116 valence electrons. The van der Waals surface area contributed by atoms with Gasteiger partial charge < -0.3 is 9.32 Å². The highest BCUT2D eigenvalue weighted by molar-refractivity contribution is 7.07. The van der Waals surface area contributed by atoms with Crippen LogP contribution in [0.3, 0.4) is 0 Å². The minimum absolute atomic E-state index is 0.0255. The molecule has 0 bridgehead atoms. The summed E-state index contributed by atoms with van der Waals surface area (Å²) in [7, 11) is 0. The van der Waals surface area contributed by atoms with Gasteiger partial charge >= 0.3 is 0 Å². The molecule has 0 saturated carbocycles. The topological polar surface area (TPSA) is 50.7 Å². The first-order valence-electron chi connectivity index (χ1n) is 7.32. The fourth-order valence-electron chi connectivity index (χ4n) is 2.60. The van der Waals surface area contributed by atoms with Crippen molar-refractivity contribution in [1.82, 2.24) is 4.57 Å². The zero-order valence-corrected chi connectivity index (χ0v) is 13.4. The van der Waals surface area contributed by atoms with Crippen LogP contribution in [-0.2, 0) is 6.67 Å². The molecule has 1 aliphatic rings. The van der Waals surface area contributed by atoms with Gasteiger partial charge in [0.25, 0.3) is 5.56 Å². The van der Waals surface area contributed by atoms with E-state index in [1.807, 2.05) is 18.2 Å². The van der Waals surface area contributed by atoms with Crippen molar-refractivity contribution in [3.63, 3.8) is 0 Å². The van der Waals surface area contributed by atoms with Crippen LogP contribution in [0.1, 0.15) is 11.3 Å². The SMILES string of the molecule is Cc1cccc(N2CN=c3sc(=Cc4ccco4)c(=O)n3C2)c1. The number of aromatic nitrogens is 1. The van der Waals surface area contributed by atoms with Crippen molar-refractivity contribution in [2.24, 2.45) is 4.99 Å². The predicted molar refractivity (Wildman–Crippen MR) is 90.2 cm³/mol. The average Bonchev–Trinajstić information content (AvgIpc) is 3.17. The Kier molecular flexibility index (Phi) is 3.38. The quantitative estimate of drug-likeness (QED) is 0.720. The molecule has 0 fully saturated rings. The van der Waals surface area contributed by atoms with Crippen molar-refractivity contribution in [1.29, 1.82) is 0 Å². The Balaban J connectivity index is 1.74. The summed E-state index contributed by atoms with van der Waals surface area (Å²) in [5.41, 5.74) is 2.24. The molecule has 23 heavy (non-hydrogen) atoms. The number of hydrogen-bond acceptors (Lipinski definition) is 5. The summed E-state index contributed by atoms with van der Waals surface area (Å²) in [6.07, 6.45) is 3.37.